The molecule has 0 saturated heterocycles. The Morgan fingerprint density at radius 2 is 1.00 bits per heavy atom. The maximum absolute atomic E-state index is 13.0. The van der Waals surface area contributed by atoms with Crippen molar-refractivity contribution in [2.75, 3.05) is 6.61 Å². The molecule has 0 radical (unpaired) electrons. The van der Waals surface area contributed by atoms with Crippen LogP contribution in [0.25, 0.3) is 43.1 Å². The van der Waals surface area contributed by atoms with Crippen molar-refractivity contribution < 1.29 is 51.7 Å². The van der Waals surface area contributed by atoms with Crippen molar-refractivity contribution in [1.29, 1.82) is 10.5 Å². The first-order valence-electron chi connectivity index (χ1n) is 24.9. The van der Waals surface area contributed by atoms with Crippen LogP contribution in [0.15, 0.2) is 197 Å². The zero-order chi connectivity index (χ0) is 54.2. The van der Waals surface area contributed by atoms with Gasteiger partial charge in [-0.3, -0.25) is 9.59 Å². The third-order valence-corrected chi connectivity index (χ3v) is 13.2. The van der Waals surface area contributed by atoms with Gasteiger partial charge >= 0.3 is 5.97 Å². The first-order chi connectivity index (χ1) is 35.9. The van der Waals surface area contributed by atoms with Gasteiger partial charge in [-0.05, 0) is 134 Å². The van der Waals surface area contributed by atoms with Crippen LogP contribution in [0.2, 0.25) is 0 Å². The van der Waals surface area contributed by atoms with E-state index in [4.69, 9.17) is 17.9 Å². The summed E-state index contributed by atoms with van der Waals surface area (Å²) in [5.41, 5.74) is 15.9. The Kier molecular flexibility index (Phi) is 18.4. The van der Waals surface area contributed by atoms with Crippen molar-refractivity contribution in [2.45, 2.75) is 75.2 Å². The number of allylic oxidation sites excluding steroid dienone is 14. The summed E-state index contributed by atoms with van der Waals surface area (Å²) in [6.07, 6.45) is 9.61. The van der Waals surface area contributed by atoms with E-state index in [1.165, 1.54) is 0 Å². The van der Waals surface area contributed by atoms with Gasteiger partial charge in [-0.25, -0.2) is 25.0 Å². The van der Waals surface area contributed by atoms with Gasteiger partial charge in [0, 0.05) is 60.4 Å². The van der Waals surface area contributed by atoms with Crippen LogP contribution in [0.3, 0.4) is 0 Å². The fourth-order valence-corrected chi connectivity index (χ4v) is 9.59. The topological polar surface area (TPSA) is 117 Å². The molecule has 4 aliphatic carbocycles. The summed E-state index contributed by atoms with van der Waals surface area (Å²) < 4.78 is 5.38. The van der Waals surface area contributed by atoms with E-state index in [9.17, 15) is 24.9 Å². The number of nitriles is 2. The number of Topliss-reactive ketones (excluding diaryl/α,β-unsaturated/α-hetero) is 2. The van der Waals surface area contributed by atoms with E-state index in [1.54, 1.807) is 12.1 Å². The van der Waals surface area contributed by atoms with Crippen molar-refractivity contribution in [3.63, 3.8) is 0 Å². The molecule has 5 aromatic rings. The van der Waals surface area contributed by atoms with Crippen LogP contribution >= 0.6 is 0 Å². The van der Waals surface area contributed by atoms with Gasteiger partial charge in [0.15, 0.2) is 11.6 Å². The third kappa shape index (κ3) is 11.9. The van der Waals surface area contributed by atoms with Crippen molar-refractivity contribution in [2.24, 2.45) is 10.8 Å². The van der Waals surface area contributed by atoms with E-state index in [-0.39, 0.29) is 72.3 Å². The summed E-state index contributed by atoms with van der Waals surface area (Å²) in [5.74, 6) is -0.151. The van der Waals surface area contributed by atoms with Gasteiger partial charge in [0.25, 0.3) is 11.4 Å². The number of nitrogens with zero attached hydrogens (tertiary/aromatic N) is 4. The number of unbranched alkanes of at least 4 members (excludes halogenated alkanes) is 1. The molecule has 9 rings (SSSR count). The number of benzene rings is 5. The molecule has 0 atom stereocenters. The summed E-state index contributed by atoms with van der Waals surface area (Å²) >= 11 is 0. The Balaban J connectivity index is 0.000000211. The molecular formula is C67H60N4O4U. The maximum Gasteiger partial charge on any atom is 0.338 e. The monoisotopic (exact) mass is 1220 g/mol. The molecule has 0 saturated carbocycles. The summed E-state index contributed by atoms with van der Waals surface area (Å²) in [5, 5.41) is 18.9. The zero-order valence-electron chi connectivity index (χ0n) is 44.5. The second-order valence-electron chi connectivity index (χ2n) is 20.5. The molecule has 8 nitrogen and oxygen atoms in total. The number of esters is 1. The number of hydrogen-bond donors (Lipinski definition) is 0. The minimum atomic E-state index is -0.373. The molecule has 0 heterocycles. The number of ether oxygens (including phenoxy) is 1. The average Bonchev–Trinajstić information content (AvgIpc) is 3.95. The molecule has 0 amide bonds. The quantitative estimate of drug-likeness (QED) is 0.0710. The summed E-state index contributed by atoms with van der Waals surface area (Å²) in [6.45, 7) is 33.3. The average molecular weight is 1230 g/mol. The number of carbonyl (C=O) groups is 3. The van der Waals surface area contributed by atoms with Gasteiger partial charge in [-0.15, -0.1) is 0 Å². The Hall–Kier alpha value is -8.16. The fraction of sp³-hybridized carbons (Fsp3) is 0.209. The fourth-order valence-electron chi connectivity index (χ4n) is 9.59. The van der Waals surface area contributed by atoms with Crippen LogP contribution in [0.1, 0.15) is 120 Å². The normalized spacial score (nSPS) is 15.5. The summed E-state index contributed by atoms with van der Waals surface area (Å²) in [6, 6.07) is 45.1. The largest absolute Gasteiger partial charge is 0.462 e. The predicted molar refractivity (Wildman–Crippen MR) is 301 cm³/mol. The molecule has 0 fully saturated rings. The SMILES string of the molecule is CC1=CC(=C2C=C(C(C)(C)C)C(=O)C(C(C)(C)C)=C2)C=C(C)C1=O.[3HH].[C-]#[N+]/C(C#N)=C1/C(c2ccccc2)=C(c2ccccc2)c2ccccc21.[C-]#[N+]/C(C#N)=C1\c2ccccc2-c2c(C(=O)OCCCC)cccc21.[U]. The molecule has 4 aliphatic rings. The number of carbonyl (C=O) groups excluding carboxylic acids is 3. The zero-order valence-corrected chi connectivity index (χ0v) is 48.6. The molecule has 0 bridgehead atoms. The van der Waals surface area contributed by atoms with E-state index < -0.39 is 0 Å². The molecule has 0 spiro atoms. The molecule has 76 heavy (non-hydrogen) atoms. The van der Waals surface area contributed by atoms with Crippen LogP contribution in [0.4, 0.5) is 0 Å². The first kappa shape index (κ1) is 57.1. The summed E-state index contributed by atoms with van der Waals surface area (Å²) in [4.78, 5) is 44.4. The van der Waals surface area contributed by atoms with E-state index in [1.807, 2.05) is 148 Å². The van der Waals surface area contributed by atoms with Crippen LogP contribution < -0.4 is 0 Å². The van der Waals surface area contributed by atoms with Gasteiger partial charge in [-0.1, -0.05) is 176 Å². The van der Waals surface area contributed by atoms with E-state index in [0.29, 0.717) is 17.7 Å². The molecule has 0 aliphatic heterocycles. The van der Waals surface area contributed by atoms with E-state index >= 15 is 0 Å². The van der Waals surface area contributed by atoms with Crippen molar-refractivity contribution in [3.8, 4) is 23.3 Å². The van der Waals surface area contributed by atoms with Gasteiger partial charge in [0.1, 0.15) is 0 Å². The van der Waals surface area contributed by atoms with Gasteiger partial charge in [-0.2, -0.15) is 0 Å². The van der Waals surface area contributed by atoms with Crippen LogP contribution in [0.5, 0.6) is 0 Å². The van der Waals surface area contributed by atoms with E-state index in [0.717, 1.165) is 108 Å². The van der Waals surface area contributed by atoms with Gasteiger partial charge < -0.3 is 4.74 Å². The van der Waals surface area contributed by atoms with Crippen molar-refractivity contribution >= 4 is 39.8 Å². The first-order valence-corrected chi connectivity index (χ1v) is 24.9. The molecule has 0 aromatic heterocycles. The van der Waals surface area contributed by atoms with Crippen LogP contribution in [-0.4, -0.2) is 24.1 Å². The maximum atomic E-state index is 13.0. The molecule has 0 N–H and O–H groups in total. The Morgan fingerprint density at radius 1 is 0.566 bits per heavy atom. The smallest absolute Gasteiger partial charge is 0.338 e. The molecule has 5 aromatic carbocycles. The molecule has 9 heteroatoms. The summed E-state index contributed by atoms with van der Waals surface area (Å²) in [7, 11) is 0. The Morgan fingerprint density at radius 3 is 1.49 bits per heavy atom. The standard InChI is InChI=1S/C24H14N2.C22H28O2.C21H16N2O2.U.H2/c1-26-21(16-25)24-20-15-9-8-14-19(20)22(17-10-4-2-5-11-17)23(24)18-12-6-3-7-13-18;1-13-9-15(10-14(2)19(13)23)16-11-17(21(3,4)5)20(24)18(12-16)22(6,7)8;1-3-4-12-25-21(24)17-11-7-10-16-19(17)14-8-5-6-9-15(14)20(16)18(13-22)23-2;;/h2-15H;9-12H,1-8H3;5-11H,3-4,12H2,1H3;;1H/b24-21+;;20-18+;;/i;;;;1+2. The minimum absolute atomic E-state index is 0. The van der Waals surface area contributed by atoms with Crippen molar-refractivity contribution in [1.82, 2.24) is 0 Å². The molecule has 376 valence electrons. The van der Waals surface area contributed by atoms with Gasteiger partial charge in [0.05, 0.1) is 37.5 Å². The van der Waals surface area contributed by atoms with Gasteiger partial charge in [0.2, 0.25) is 0 Å². The number of rotatable bonds is 6. The number of fused-ring (bicyclic) bond motifs is 4. The molecule has 0 unspecified atom stereocenters. The van der Waals surface area contributed by atoms with Crippen LogP contribution in [0, 0.1) is 77.7 Å². The predicted octanol–water partition coefficient (Wildman–Crippen LogP) is 16.2. The Labute approximate surface area is 473 Å². The molecular weight excluding hydrogens is 1160 g/mol. The second kappa shape index (κ2) is 24.5. The van der Waals surface area contributed by atoms with Crippen LogP contribution in [-0.2, 0) is 14.3 Å². The Bertz CT molecular complexity index is 3530. The number of ketones is 2. The third-order valence-electron chi connectivity index (χ3n) is 13.2. The second-order valence-corrected chi connectivity index (χ2v) is 20.5. The number of hydrogen-bond acceptors (Lipinski definition) is 6. The van der Waals surface area contributed by atoms with E-state index in [2.05, 4.69) is 75.5 Å². The minimum Gasteiger partial charge on any atom is -0.462 e. The van der Waals surface area contributed by atoms with Crippen molar-refractivity contribution in [3.05, 3.63) is 258 Å².